The minimum atomic E-state index is -0.269. The van der Waals surface area contributed by atoms with E-state index in [0.717, 1.165) is 16.4 Å². The number of furan rings is 1. The third kappa shape index (κ3) is 4.09. The Hall–Kier alpha value is -4.39. The number of imidazole rings is 1. The van der Waals surface area contributed by atoms with E-state index in [2.05, 4.69) is 15.6 Å². The van der Waals surface area contributed by atoms with Gasteiger partial charge in [-0.15, -0.1) is 0 Å². The summed E-state index contributed by atoms with van der Waals surface area (Å²) in [5.74, 6) is -0.401. The summed E-state index contributed by atoms with van der Waals surface area (Å²) in [5, 5.41) is 7.77. The third-order valence-electron chi connectivity index (χ3n) is 5.20. The van der Waals surface area contributed by atoms with Crippen LogP contribution in [0.25, 0.3) is 21.9 Å². The second-order valence-corrected chi connectivity index (χ2v) is 7.44. The highest BCUT2D eigenvalue weighted by Gasteiger charge is 2.11. The Bertz CT molecular complexity index is 1420. The monoisotopic (exact) mass is 424 g/mol. The first-order chi connectivity index (χ1) is 15.7. The lowest BCUT2D eigenvalue weighted by atomic mass is 10.1. The van der Waals surface area contributed by atoms with E-state index >= 15 is 0 Å². The molecule has 0 unspecified atom stereocenters. The normalized spacial score (nSPS) is 11.0. The number of carbonyl (C=O) groups is 2. The Labute approximate surface area is 183 Å². The minimum absolute atomic E-state index is 0.133. The van der Waals surface area contributed by atoms with Crippen molar-refractivity contribution in [1.82, 2.24) is 9.55 Å². The van der Waals surface area contributed by atoms with E-state index < -0.39 is 0 Å². The standard InChI is InChI=1S/C25H20N4O3/c30-24(10-12-29-13-11-26-16-29)27-18-5-3-4-17(14-18)25(31)28-19-8-9-21-20-6-1-2-7-22(20)32-23(21)15-19/h1-9,11,13-16H,10,12H2,(H,27,30)(H,28,31). The van der Waals surface area contributed by atoms with Gasteiger partial charge in [0.1, 0.15) is 11.2 Å². The van der Waals surface area contributed by atoms with Crippen LogP contribution in [0.3, 0.4) is 0 Å². The van der Waals surface area contributed by atoms with Crippen LogP contribution in [0.4, 0.5) is 11.4 Å². The van der Waals surface area contributed by atoms with Crippen LogP contribution in [-0.2, 0) is 11.3 Å². The number of nitrogens with one attached hydrogen (secondary N) is 2. The van der Waals surface area contributed by atoms with Crippen LogP contribution in [0.5, 0.6) is 0 Å². The van der Waals surface area contributed by atoms with E-state index in [9.17, 15) is 9.59 Å². The van der Waals surface area contributed by atoms with Crippen LogP contribution in [0.1, 0.15) is 16.8 Å². The van der Waals surface area contributed by atoms with Crippen LogP contribution in [0.2, 0.25) is 0 Å². The lowest BCUT2D eigenvalue weighted by Gasteiger charge is -2.09. The summed E-state index contributed by atoms with van der Waals surface area (Å²) in [4.78, 5) is 29.0. The molecule has 0 aliphatic heterocycles. The average Bonchev–Trinajstić information content (AvgIpc) is 3.45. The molecule has 3 aromatic carbocycles. The smallest absolute Gasteiger partial charge is 0.255 e. The van der Waals surface area contributed by atoms with Gasteiger partial charge in [0.15, 0.2) is 0 Å². The minimum Gasteiger partial charge on any atom is -0.456 e. The number of hydrogen-bond donors (Lipinski definition) is 2. The number of fused-ring (bicyclic) bond motifs is 3. The van der Waals surface area contributed by atoms with E-state index in [-0.39, 0.29) is 11.8 Å². The predicted octanol–water partition coefficient (Wildman–Crippen LogP) is 5.06. The van der Waals surface area contributed by atoms with Crippen molar-refractivity contribution in [2.75, 3.05) is 10.6 Å². The molecule has 0 aliphatic carbocycles. The van der Waals surface area contributed by atoms with Gasteiger partial charge >= 0.3 is 0 Å². The molecule has 2 N–H and O–H groups in total. The number of nitrogens with zero attached hydrogens (tertiary/aromatic N) is 2. The summed E-state index contributed by atoms with van der Waals surface area (Å²) >= 11 is 0. The summed E-state index contributed by atoms with van der Waals surface area (Å²) in [7, 11) is 0. The molecular weight excluding hydrogens is 404 g/mol. The average molecular weight is 424 g/mol. The molecule has 0 atom stereocenters. The summed E-state index contributed by atoms with van der Waals surface area (Å²) in [6.07, 6.45) is 5.46. The van der Waals surface area contributed by atoms with Crippen LogP contribution < -0.4 is 10.6 Å². The number of amides is 2. The molecule has 0 aliphatic rings. The van der Waals surface area contributed by atoms with Gasteiger partial charge in [-0.1, -0.05) is 24.3 Å². The van der Waals surface area contributed by atoms with Gasteiger partial charge in [-0.2, -0.15) is 0 Å². The first kappa shape index (κ1) is 19.6. The molecular formula is C25H20N4O3. The Balaban J connectivity index is 1.27. The molecule has 2 amide bonds. The Morgan fingerprint density at radius 3 is 2.59 bits per heavy atom. The molecule has 0 spiro atoms. The van der Waals surface area contributed by atoms with Crippen molar-refractivity contribution in [2.45, 2.75) is 13.0 Å². The van der Waals surface area contributed by atoms with Crippen molar-refractivity contribution in [3.05, 3.63) is 91.0 Å². The van der Waals surface area contributed by atoms with Crippen LogP contribution >= 0.6 is 0 Å². The molecule has 2 aromatic heterocycles. The van der Waals surface area contributed by atoms with Gasteiger partial charge in [0.05, 0.1) is 6.33 Å². The zero-order chi connectivity index (χ0) is 21.9. The predicted molar refractivity (Wildman–Crippen MR) is 124 cm³/mol. The molecule has 158 valence electrons. The molecule has 0 saturated carbocycles. The Morgan fingerprint density at radius 1 is 0.875 bits per heavy atom. The molecule has 5 aromatic rings. The van der Waals surface area contributed by atoms with Gasteiger partial charge in [-0.05, 0) is 36.4 Å². The maximum Gasteiger partial charge on any atom is 0.255 e. The molecule has 0 bridgehead atoms. The third-order valence-corrected chi connectivity index (χ3v) is 5.20. The second-order valence-electron chi connectivity index (χ2n) is 7.44. The maximum absolute atomic E-state index is 12.8. The van der Waals surface area contributed by atoms with Gasteiger partial charge in [-0.25, -0.2) is 4.98 Å². The maximum atomic E-state index is 12.8. The lowest BCUT2D eigenvalue weighted by Crippen LogP contribution is -2.15. The number of hydrogen-bond acceptors (Lipinski definition) is 4. The number of rotatable bonds is 6. The molecule has 32 heavy (non-hydrogen) atoms. The number of aryl methyl sites for hydroxylation is 1. The SMILES string of the molecule is O=C(CCn1ccnc1)Nc1cccc(C(=O)Nc2ccc3c(c2)oc2ccccc23)c1. The van der Waals surface area contributed by atoms with Crippen molar-refractivity contribution in [3.63, 3.8) is 0 Å². The van der Waals surface area contributed by atoms with Gasteiger partial charge in [0, 0.05) is 59.1 Å². The fourth-order valence-corrected chi connectivity index (χ4v) is 3.62. The Kier molecular flexibility index (Phi) is 5.13. The van der Waals surface area contributed by atoms with Crippen molar-refractivity contribution in [1.29, 1.82) is 0 Å². The summed E-state index contributed by atoms with van der Waals surface area (Å²) in [5.41, 5.74) is 3.17. The molecule has 0 saturated heterocycles. The number of carbonyl (C=O) groups excluding carboxylic acids is 2. The molecule has 2 heterocycles. The number of benzene rings is 3. The first-order valence-corrected chi connectivity index (χ1v) is 10.2. The highest BCUT2D eigenvalue weighted by molar-refractivity contribution is 6.09. The van der Waals surface area contributed by atoms with Gasteiger partial charge in [0.25, 0.3) is 5.91 Å². The molecule has 7 nitrogen and oxygen atoms in total. The fraction of sp³-hybridized carbons (Fsp3) is 0.0800. The first-order valence-electron chi connectivity index (χ1n) is 10.2. The second kappa shape index (κ2) is 8.39. The van der Waals surface area contributed by atoms with Crippen molar-refractivity contribution in [3.8, 4) is 0 Å². The summed E-state index contributed by atoms with van der Waals surface area (Å²) in [6, 6.07) is 20.3. The van der Waals surface area contributed by atoms with E-state index in [0.29, 0.717) is 35.5 Å². The quantitative estimate of drug-likeness (QED) is 0.399. The fourth-order valence-electron chi connectivity index (χ4n) is 3.62. The summed E-state index contributed by atoms with van der Waals surface area (Å²) < 4.78 is 7.72. The van der Waals surface area contributed by atoms with Crippen LogP contribution in [-0.4, -0.2) is 21.4 Å². The van der Waals surface area contributed by atoms with E-state index in [4.69, 9.17) is 4.42 Å². The van der Waals surface area contributed by atoms with Crippen LogP contribution in [0.15, 0.2) is 89.9 Å². The van der Waals surface area contributed by atoms with Crippen molar-refractivity contribution in [2.24, 2.45) is 0 Å². The zero-order valence-electron chi connectivity index (χ0n) is 17.1. The lowest BCUT2D eigenvalue weighted by molar-refractivity contribution is -0.116. The zero-order valence-corrected chi connectivity index (χ0v) is 17.1. The van der Waals surface area contributed by atoms with Gasteiger partial charge in [-0.3, -0.25) is 9.59 Å². The molecule has 0 radical (unpaired) electrons. The van der Waals surface area contributed by atoms with E-state index in [1.165, 1.54) is 0 Å². The molecule has 5 rings (SSSR count). The molecule has 0 fully saturated rings. The molecule has 7 heteroatoms. The van der Waals surface area contributed by atoms with Crippen molar-refractivity contribution < 1.29 is 14.0 Å². The van der Waals surface area contributed by atoms with Crippen molar-refractivity contribution >= 4 is 45.1 Å². The number of anilines is 2. The number of para-hydroxylation sites is 1. The highest BCUT2D eigenvalue weighted by Crippen LogP contribution is 2.30. The topological polar surface area (TPSA) is 89.2 Å². The largest absolute Gasteiger partial charge is 0.456 e. The Morgan fingerprint density at radius 2 is 1.72 bits per heavy atom. The van der Waals surface area contributed by atoms with Gasteiger partial charge < -0.3 is 19.6 Å². The highest BCUT2D eigenvalue weighted by atomic mass is 16.3. The summed E-state index contributed by atoms with van der Waals surface area (Å²) in [6.45, 7) is 0.538. The van der Waals surface area contributed by atoms with Crippen LogP contribution in [0, 0.1) is 0 Å². The van der Waals surface area contributed by atoms with E-state index in [1.807, 2.05) is 47.0 Å². The number of aromatic nitrogens is 2. The van der Waals surface area contributed by atoms with E-state index in [1.54, 1.807) is 43.0 Å². The van der Waals surface area contributed by atoms with Gasteiger partial charge in [0.2, 0.25) is 5.91 Å².